The molecule has 3 aromatic rings. The Bertz CT molecular complexity index is 1310. The summed E-state index contributed by atoms with van der Waals surface area (Å²) in [5.41, 5.74) is 2.49. The van der Waals surface area contributed by atoms with Crippen LogP contribution >= 0.6 is 0 Å². The molecular formula is C26H21NO6. The molecule has 2 heterocycles. The van der Waals surface area contributed by atoms with E-state index in [4.69, 9.17) is 14.2 Å². The van der Waals surface area contributed by atoms with Crippen LogP contribution in [0.5, 0.6) is 17.2 Å². The van der Waals surface area contributed by atoms with Gasteiger partial charge in [0.05, 0.1) is 18.7 Å². The topological polar surface area (TPSA) is 85.3 Å². The lowest BCUT2D eigenvalue weighted by molar-refractivity contribution is -0.132. The fourth-order valence-corrected chi connectivity index (χ4v) is 4.20. The Morgan fingerprint density at radius 1 is 1.00 bits per heavy atom. The van der Waals surface area contributed by atoms with Crippen LogP contribution in [0.25, 0.3) is 5.76 Å². The van der Waals surface area contributed by atoms with Gasteiger partial charge in [0, 0.05) is 11.3 Å². The zero-order valence-electron chi connectivity index (χ0n) is 18.1. The standard InChI is InChI=1S/C26H21NO6/c1-15-5-3-7-18(11-15)27-23(16-6-4-8-19(12-16)31-2)22(25(29)26(27)30)24(28)17-9-10-20-21(13-17)33-14-32-20/h3-13,23,28H,14H2,1-2H3/b24-22-. The molecule has 5 rings (SSSR count). The molecule has 166 valence electrons. The molecule has 7 nitrogen and oxygen atoms in total. The number of fused-ring (bicyclic) bond motifs is 1. The summed E-state index contributed by atoms with van der Waals surface area (Å²) in [4.78, 5) is 27.9. The van der Waals surface area contributed by atoms with Crippen LogP contribution < -0.4 is 19.1 Å². The Kier molecular flexibility index (Phi) is 5.01. The number of nitrogens with zero attached hydrogens (tertiary/aromatic N) is 1. The van der Waals surface area contributed by atoms with Gasteiger partial charge in [-0.05, 0) is 60.5 Å². The molecule has 33 heavy (non-hydrogen) atoms. The van der Waals surface area contributed by atoms with Crippen LogP contribution in [-0.2, 0) is 9.59 Å². The summed E-state index contributed by atoms with van der Waals surface area (Å²) in [5, 5.41) is 11.3. The first kappa shape index (κ1) is 20.6. The predicted octanol–water partition coefficient (Wildman–Crippen LogP) is 4.36. The molecule has 1 atom stereocenters. The highest BCUT2D eigenvalue weighted by Crippen LogP contribution is 2.44. The zero-order chi connectivity index (χ0) is 23.1. The number of amides is 1. The number of rotatable bonds is 4. The van der Waals surface area contributed by atoms with Crippen molar-refractivity contribution in [3.8, 4) is 17.2 Å². The minimum Gasteiger partial charge on any atom is -0.507 e. The van der Waals surface area contributed by atoms with Gasteiger partial charge in [-0.25, -0.2) is 0 Å². The molecule has 2 aliphatic heterocycles. The maximum atomic E-state index is 13.3. The van der Waals surface area contributed by atoms with E-state index in [9.17, 15) is 14.7 Å². The van der Waals surface area contributed by atoms with Gasteiger partial charge in [-0.1, -0.05) is 24.3 Å². The van der Waals surface area contributed by atoms with Gasteiger partial charge in [0.25, 0.3) is 11.7 Å². The van der Waals surface area contributed by atoms with E-state index in [-0.39, 0.29) is 18.1 Å². The molecule has 0 bridgehead atoms. The minimum absolute atomic E-state index is 0.00590. The van der Waals surface area contributed by atoms with Crippen molar-refractivity contribution in [3.05, 3.63) is 89.0 Å². The van der Waals surface area contributed by atoms with Crippen molar-refractivity contribution in [2.45, 2.75) is 13.0 Å². The molecule has 1 fully saturated rings. The minimum atomic E-state index is -0.840. The average Bonchev–Trinajstić information content (AvgIpc) is 3.40. The fourth-order valence-electron chi connectivity index (χ4n) is 4.20. The van der Waals surface area contributed by atoms with Gasteiger partial charge in [-0.15, -0.1) is 0 Å². The van der Waals surface area contributed by atoms with Crippen LogP contribution in [0.2, 0.25) is 0 Å². The van der Waals surface area contributed by atoms with Crippen molar-refractivity contribution in [1.29, 1.82) is 0 Å². The Hall–Kier alpha value is -4.26. The van der Waals surface area contributed by atoms with E-state index in [0.717, 1.165) is 5.56 Å². The van der Waals surface area contributed by atoms with E-state index in [1.807, 2.05) is 25.1 Å². The van der Waals surface area contributed by atoms with Crippen LogP contribution in [0.3, 0.4) is 0 Å². The average molecular weight is 443 g/mol. The van der Waals surface area contributed by atoms with Crippen LogP contribution in [0.15, 0.2) is 72.3 Å². The lowest BCUT2D eigenvalue weighted by atomic mass is 9.94. The zero-order valence-corrected chi connectivity index (χ0v) is 18.1. The Morgan fingerprint density at radius 3 is 2.58 bits per heavy atom. The highest BCUT2D eigenvalue weighted by molar-refractivity contribution is 6.51. The molecule has 1 amide bonds. The molecule has 1 unspecified atom stereocenters. The first-order valence-corrected chi connectivity index (χ1v) is 10.4. The van der Waals surface area contributed by atoms with Gasteiger partial charge >= 0.3 is 0 Å². The smallest absolute Gasteiger partial charge is 0.300 e. The predicted molar refractivity (Wildman–Crippen MR) is 122 cm³/mol. The number of ether oxygens (including phenoxy) is 3. The highest BCUT2D eigenvalue weighted by Gasteiger charge is 2.47. The monoisotopic (exact) mass is 443 g/mol. The summed E-state index contributed by atoms with van der Waals surface area (Å²) in [6, 6.07) is 18.5. The number of methoxy groups -OCH3 is 1. The summed E-state index contributed by atoms with van der Waals surface area (Å²) in [5.74, 6) is -0.170. The lowest BCUT2D eigenvalue weighted by Crippen LogP contribution is -2.29. The van der Waals surface area contributed by atoms with E-state index >= 15 is 0 Å². The molecule has 0 saturated carbocycles. The van der Waals surface area contributed by atoms with E-state index in [1.54, 1.807) is 55.6 Å². The van der Waals surface area contributed by atoms with Crippen LogP contribution in [0, 0.1) is 6.92 Å². The normalized spacial score (nSPS) is 18.6. The van der Waals surface area contributed by atoms with Crippen molar-refractivity contribution in [2.24, 2.45) is 0 Å². The van der Waals surface area contributed by atoms with Crippen molar-refractivity contribution in [2.75, 3.05) is 18.8 Å². The molecule has 1 saturated heterocycles. The van der Waals surface area contributed by atoms with Gasteiger partial charge in [0.2, 0.25) is 6.79 Å². The lowest BCUT2D eigenvalue weighted by Gasteiger charge is -2.26. The summed E-state index contributed by atoms with van der Waals surface area (Å²) in [6.45, 7) is 1.99. The number of ketones is 1. The second-order valence-corrected chi connectivity index (χ2v) is 7.85. The third-order valence-corrected chi connectivity index (χ3v) is 5.78. The molecule has 2 aliphatic rings. The summed E-state index contributed by atoms with van der Waals surface area (Å²) >= 11 is 0. The summed E-state index contributed by atoms with van der Waals surface area (Å²) < 4.78 is 16.1. The highest BCUT2D eigenvalue weighted by atomic mass is 16.7. The molecule has 0 aliphatic carbocycles. The van der Waals surface area contributed by atoms with Crippen LogP contribution in [0.4, 0.5) is 5.69 Å². The second kappa shape index (κ2) is 8.02. The second-order valence-electron chi connectivity index (χ2n) is 7.85. The number of carbonyl (C=O) groups excluding carboxylic acids is 2. The molecule has 0 spiro atoms. The number of aliphatic hydroxyl groups is 1. The fraction of sp³-hybridized carbons (Fsp3) is 0.154. The number of anilines is 1. The van der Waals surface area contributed by atoms with Gasteiger partial charge in [-0.2, -0.15) is 0 Å². The largest absolute Gasteiger partial charge is 0.507 e. The van der Waals surface area contributed by atoms with Crippen molar-refractivity contribution in [1.82, 2.24) is 0 Å². The third-order valence-electron chi connectivity index (χ3n) is 5.78. The molecule has 0 aromatic heterocycles. The van der Waals surface area contributed by atoms with Crippen molar-refractivity contribution in [3.63, 3.8) is 0 Å². The SMILES string of the molecule is COc1cccc(C2/C(=C(/O)c3ccc4c(c3)OCO4)C(=O)C(=O)N2c2cccc(C)c2)c1. The quantitative estimate of drug-likeness (QED) is 0.366. The summed E-state index contributed by atoms with van der Waals surface area (Å²) in [7, 11) is 1.54. The molecule has 0 radical (unpaired) electrons. The number of aliphatic hydroxyl groups excluding tert-OH is 1. The van der Waals surface area contributed by atoms with Gasteiger partial charge in [0.1, 0.15) is 11.5 Å². The summed E-state index contributed by atoms with van der Waals surface area (Å²) in [6.07, 6.45) is 0. The van der Waals surface area contributed by atoms with E-state index < -0.39 is 17.7 Å². The molecule has 1 N–H and O–H groups in total. The number of aryl methyl sites for hydroxylation is 1. The first-order valence-electron chi connectivity index (χ1n) is 10.4. The maximum Gasteiger partial charge on any atom is 0.300 e. The molecule has 3 aromatic carbocycles. The van der Waals surface area contributed by atoms with Crippen LogP contribution in [0.1, 0.15) is 22.7 Å². The molecule has 7 heteroatoms. The number of hydrogen-bond acceptors (Lipinski definition) is 6. The van der Waals surface area contributed by atoms with Gasteiger partial charge in [-0.3, -0.25) is 14.5 Å². The third kappa shape index (κ3) is 3.47. The van der Waals surface area contributed by atoms with Gasteiger partial charge in [0.15, 0.2) is 11.5 Å². The molecular weight excluding hydrogens is 422 g/mol. The van der Waals surface area contributed by atoms with Crippen molar-refractivity contribution >= 4 is 23.1 Å². The van der Waals surface area contributed by atoms with E-state index in [0.29, 0.717) is 34.1 Å². The number of hydrogen-bond donors (Lipinski definition) is 1. The van der Waals surface area contributed by atoms with E-state index in [2.05, 4.69) is 0 Å². The number of Topliss-reactive ketones (excluding diaryl/α,β-unsaturated/α-hetero) is 1. The maximum absolute atomic E-state index is 13.3. The van der Waals surface area contributed by atoms with Gasteiger partial charge < -0.3 is 19.3 Å². The van der Waals surface area contributed by atoms with E-state index in [1.165, 1.54) is 4.90 Å². The number of carbonyl (C=O) groups is 2. The van der Waals surface area contributed by atoms with Crippen molar-refractivity contribution < 1.29 is 28.9 Å². The number of benzene rings is 3. The Labute approximate surface area is 190 Å². The van der Waals surface area contributed by atoms with Crippen LogP contribution in [-0.4, -0.2) is 30.7 Å². The Balaban J connectivity index is 1.72. The first-order chi connectivity index (χ1) is 16.0. The Morgan fingerprint density at radius 2 is 1.79 bits per heavy atom.